The van der Waals surface area contributed by atoms with E-state index in [-0.39, 0.29) is 23.8 Å². The summed E-state index contributed by atoms with van der Waals surface area (Å²) in [5.41, 5.74) is 10.6. The van der Waals surface area contributed by atoms with Crippen LogP contribution in [0.4, 0.5) is 11.5 Å². The minimum absolute atomic E-state index is 0.0178. The number of terminal acetylenes is 1. The molecule has 1 aromatic heterocycles. The fourth-order valence-electron chi connectivity index (χ4n) is 0.692. The van der Waals surface area contributed by atoms with E-state index in [4.69, 9.17) is 23.0 Å². The molecule has 5 N–H and O–H groups in total. The third-order valence-electron chi connectivity index (χ3n) is 1.26. The van der Waals surface area contributed by atoms with Crippen LogP contribution < -0.4 is 11.5 Å². The molecule has 0 amide bonds. The van der Waals surface area contributed by atoms with Crippen molar-refractivity contribution in [1.29, 1.82) is 0 Å². The summed E-state index contributed by atoms with van der Waals surface area (Å²) in [5, 5.41) is 9.08. The Morgan fingerprint density at radius 2 is 2.08 bits per heavy atom. The molecule has 1 rings (SSSR count). The highest BCUT2D eigenvalue weighted by molar-refractivity contribution is 5.63. The third-order valence-corrected chi connectivity index (χ3v) is 1.26. The third kappa shape index (κ3) is 1.37. The normalized spacial score (nSPS) is 9.25. The molecular formula is C7H8N4O. The van der Waals surface area contributed by atoms with Gasteiger partial charge in [-0.25, -0.2) is 4.98 Å². The Kier molecular flexibility index (Phi) is 2.01. The number of aromatic nitrogens is 2. The second-order valence-electron chi connectivity index (χ2n) is 2.14. The largest absolute Gasteiger partial charge is 0.492 e. The smallest absolute Gasteiger partial charge is 0.240 e. The van der Waals surface area contributed by atoms with E-state index in [2.05, 4.69) is 15.9 Å². The van der Waals surface area contributed by atoms with Gasteiger partial charge in [0.25, 0.3) is 0 Å². The molecule has 0 saturated carbocycles. The minimum atomic E-state index is -0.326. The van der Waals surface area contributed by atoms with Crippen molar-refractivity contribution in [3.8, 4) is 18.2 Å². The Hall–Kier alpha value is -1.96. The Morgan fingerprint density at radius 3 is 2.58 bits per heavy atom. The lowest BCUT2D eigenvalue weighted by molar-refractivity contribution is 0.453. The molecule has 1 aromatic rings. The molecule has 12 heavy (non-hydrogen) atoms. The number of nitrogen functional groups attached to an aromatic ring is 2. The molecular weight excluding hydrogens is 156 g/mol. The Bertz CT molecular complexity index is 319. The van der Waals surface area contributed by atoms with Crippen LogP contribution in [0.25, 0.3) is 0 Å². The number of hydrogen-bond donors (Lipinski definition) is 3. The van der Waals surface area contributed by atoms with Gasteiger partial charge in [-0.3, -0.25) is 0 Å². The van der Waals surface area contributed by atoms with Crippen molar-refractivity contribution in [3.63, 3.8) is 0 Å². The fraction of sp³-hybridized carbons (Fsp3) is 0.143. The topological polar surface area (TPSA) is 98.0 Å². The van der Waals surface area contributed by atoms with Gasteiger partial charge >= 0.3 is 0 Å². The zero-order valence-electron chi connectivity index (χ0n) is 6.28. The second-order valence-corrected chi connectivity index (χ2v) is 2.14. The fourth-order valence-corrected chi connectivity index (χ4v) is 0.692. The zero-order valence-corrected chi connectivity index (χ0v) is 6.28. The van der Waals surface area contributed by atoms with E-state index in [0.29, 0.717) is 5.82 Å². The van der Waals surface area contributed by atoms with Crippen LogP contribution in [0.15, 0.2) is 0 Å². The van der Waals surface area contributed by atoms with Crippen LogP contribution in [0.2, 0.25) is 0 Å². The van der Waals surface area contributed by atoms with E-state index in [9.17, 15) is 0 Å². The van der Waals surface area contributed by atoms with Crippen LogP contribution in [0, 0.1) is 12.3 Å². The highest BCUT2D eigenvalue weighted by Crippen LogP contribution is 2.21. The highest BCUT2D eigenvalue weighted by Gasteiger charge is 2.06. The molecule has 0 fully saturated rings. The first kappa shape index (κ1) is 8.14. The molecule has 1 heterocycles. The first-order valence-electron chi connectivity index (χ1n) is 3.19. The molecule has 62 valence electrons. The lowest BCUT2D eigenvalue weighted by Crippen LogP contribution is -2.03. The number of anilines is 2. The summed E-state index contributed by atoms with van der Waals surface area (Å²) >= 11 is 0. The number of nitrogens with two attached hydrogens (primary N) is 2. The molecule has 0 unspecified atom stereocenters. The van der Waals surface area contributed by atoms with Gasteiger partial charge in [-0.1, -0.05) is 5.92 Å². The Morgan fingerprint density at radius 1 is 1.42 bits per heavy atom. The highest BCUT2D eigenvalue weighted by atomic mass is 16.3. The van der Waals surface area contributed by atoms with Gasteiger partial charge in [0.15, 0.2) is 5.82 Å². The molecule has 0 spiro atoms. The van der Waals surface area contributed by atoms with Crippen LogP contribution in [-0.2, 0) is 6.42 Å². The summed E-state index contributed by atoms with van der Waals surface area (Å²) < 4.78 is 0. The van der Waals surface area contributed by atoms with Crippen molar-refractivity contribution in [2.45, 2.75) is 6.42 Å². The van der Waals surface area contributed by atoms with Crippen molar-refractivity contribution >= 4 is 11.5 Å². The minimum Gasteiger partial charge on any atom is -0.492 e. The first-order chi connectivity index (χ1) is 5.65. The van der Waals surface area contributed by atoms with Crippen LogP contribution in [0.3, 0.4) is 0 Å². The molecule has 0 aliphatic heterocycles. The molecule has 0 aliphatic carbocycles. The van der Waals surface area contributed by atoms with Crippen LogP contribution >= 0.6 is 0 Å². The maximum Gasteiger partial charge on any atom is 0.240 e. The van der Waals surface area contributed by atoms with Crippen molar-refractivity contribution in [2.75, 3.05) is 11.5 Å². The maximum absolute atomic E-state index is 9.08. The van der Waals surface area contributed by atoms with E-state index in [1.54, 1.807) is 0 Å². The molecule has 5 nitrogen and oxygen atoms in total. The van der Waals surface area contributed by atoms with Gasteiger partial charge in [0.05, 0.1) is 6.42 Å². The molecule has 0 aromatic carbocycles. The van der Waals surface area contributed by atoms with Crippen molar-refractivity contribution in [2.24, 2.45) is 0 Å². The number of aromatic hydroxyl groups is 1. The molecule has 0 radical (unpaired) electrons. The zero-order chi connectivity index (χ0) is 9.14. The van der Waals surface area contributed by atoms with Crippen molar-refractivity contribution in [3.05, 3.63) is 5.82 Å². The summed E-state index contributed by atoms with van der Waals surface area (Å²) in [4.78, 5) is 7.38. The molecule has 5 heteroatoms. The average Bonchev–Trinajstić information content (AvgIpc) is 2.01. The van der Waals surface area contributed by atoms with E-state index in [1.165, 1.54) is 0 Å². The maximum atomic E-state index is 9.08. The lowest BCUT2D eigenvalue weighted by atomic mass is 10.4. The quantitative estimate of drug-likeness (QED) is 0.487. The average molecular weight is 164 g/mol. The van der Waals surface area contributed by atoms with Gasteiger partial charge < -0.3 is 16.6 Å². The standard InChI is InChI=1S/C7H8N4O/c1-2-3-4-10-6(9)5(8)7(12)11-4/h1H,3,8H2,(H3,9,10,11,12). The van der Waals surface area contributed by atoms with Gasteiger partial charge in [0.2, 0.25) is 5.88 Å². The Balaban J connectivity index is 3.14. The predicted molar refractivity (Wildman–Crippen MR) is 45.1 cm³/mol. The summed E-state index contributed by atoms with van der Waals surface area (Å²) in [6.07, 6.45) is 5.24. The van der Waals surface area contributed by atoms with E-state index >= 15 is 0 Å². The van der Waals surface area contributed by atoms with Gasteiger partial charge in [-0.15, -0.1) is 6.42 Å². The van der Waals surface area contributed by atoms with Crippen LogP contribution in [0.5, 0.6) is 5.88 Å². The first-order valence-corrected chi connectivity index (χ1v) is 3.19. The van der Waals surface area contributed by atoms with Gasteiger partial charge in [0, 0.05) is 0 Å². The van der Waals surface area contributed by atoms with Crippen molar-refractivity contribution < 1.29 is 5.11 Å². The van der Waals surface area contributed by atoms with E-state index in [0.717, 1.165) is 0 Å². The molecule has 0 aliphatic rings. The molecule has 0 bridgehead atoms. The van der Waals surface area contributed by atoms with Crippen molar-refractivity contribution in [1.82, 2.24) is 9.97 Å². The summed E-state index contributed by atoms with van der Waals surface area (Å²) in [5.74, 6) is 2.34. The van der Waals surface area contributed by atoms with Gasteiger partial charge in [0.1, 0.15) is 11.5 Å². The molecule has 0 saturated heterocycles. The second kappa shape index (κ2) is 2.96. The summed E-state index contributed by atoms with van der Waals surface area (Å²) in [6, 6.07) is 0. The van der Waals surface area contributed by atoms with Crippen LogP contribution in [0.1, 0.15) is 5.82 Å². The Labute approximate surface area is 69.4 Å². The van der Waals surface area contributed by atoms with Gasteiger partial charge in [-0.05, 0) is 0 Å². The monoisotopic (exact) mass is 164 g/mol. The molecule has 0 atom stereocenters. The summed E-state index contributed by atoms with van der Waals surface area (Å²) in [6.45, 7) is 0. The van der Waals surface area contributed by atoms with E-state index in [1.807, 2.05) is 0 Å². The SMILES string of the molecule is C#CCc1nc(N)c(N)c(O)n1. The van der Waals surface area contributed by atoms with E-state index < -0.39 is 0 Å². The number of nitrogens with zero attached hydrogens (tertiary/aromatic N) is 2. The lowest BCUT2D eigenvalue weighted by Gasteiger charge is -2.02. The predicted octanol–water partition coefficient (Wildman–Crippen LogP) is -0.478. The summed E-state index contributed by atoms with van der Waals surface area (Å²) in [7, 11) is 0. The van der Waals surface area contributed by atoms with Crippen LogP contribution in [-0.4, -0.2) is 15.1 Å². The van der Waals surface area contributed by atoms with Gasteiger partial charge in [-0.2, -0.15) is 4.98 Å². The number of hydrogen-bond acceptors (Lipinski definition) is 5. The number of rotatable bonds is 1.